The lowest BCUT2D eigenvalue weighted by Gasteiger charge is -2.31. The molecule has 10 nitrogen and oxygen atoms in total. The van der Waals surface area contributed by atoms with Crippen molar-refractivity contribution in [2.45, 2.75) is 45.1 Å². The number of quaternary nitrogens is 1. The van der Waals surface area contributed by atoms with Crippen LogP contribution in [0.3, 0.4) is 0 Å². The van der Waals surface area contributed by atoms with Crippen molar-refractivity contribution in [2.75, 3.05) is 26.2 Å². The molecule has 4 N–H and O–H groups in total. The van der Waals surface area contributed by atoms with Gasteiger partial charge in [-0.3, -0.25) is 9.59 Å². The molecule has 1 aromatic carbocycles. The monoisotopic (exact) mass is 459 g/mol. The predicted octanol–water partition coefficient (Wildman–Crippen LogP) is 0.713. The van der Waals surface area contributed by atoms with Crippen LogP contribution in [-0.2, 0) is 30.4 Å². The Balaban J connectivity index is 1.67. The molecule has 1 fully saturated rings. The van der Waals surface area contributed by atoms with Gasteiger partial charge >= 0.3 is 17.9 Å². The van der Waals surface area contributed by atoms with E-state index in [9.17, 15) is 19.2 Å². The van der Waals surface area contributed by atoms with Gasteiger partial charge in [-0.25, -0.2) is 9.59 Å². The van der Waals surface area contributed by atoms with E-state index in [4.69, 9.17) is 15.2 Å². The first-order valence-corrected chi connectivity index (χ1v) is 11.1. The Morgan fingerprint density at radius 1 is 1.21 bits per heavy atom. The zero-order valence-corrected chi connectivity index (χ0v) is 18.7. The van der Waals surface area contributed by atoms with Crippen molar-refractivity contribution in [3.8, 4) is 0 Å². The molecule has 0 spiro atoms. The number of carbonyl (C=O) groups is 4. The first-order chi connectivity index (χ1) is 15.8. The number of ether oxygens (including phenoxy) is 2. The first-order valence-electron chi connectivity index (χ1n) is 11.1. The van der Waals surface area contributed by atoms with Gasteiger partial charge in [-0.05, 0) is 24.5 Å². The topological polar surface area (TPSA) is 137 Å². The Kier molecular flexibility index (Phi) is 8.32. The van der Waals surface area contributed by atoms with Crippen molar-refractivity contribution in [3.63, 3.8) is 0 Å². The molecule has 2 aliphatic rings. The number of urea groups is 1. The summed E-state index contributed by atoms with van der Waals surface area (Å²) in [5, 5.41) is 5.99. The molecule has 2 heterocycles. The second kappa shape index (κ2) is 11.2. The molecule has 0 bridgehead atoms. The van der Waals surface area contributed by atoms with E-state index < -0.39 is 47.2 Å². The Labute approximate surface area is 192 Å². The van der Waals surface area contributed by atoms with Crippen molar-refractivity contribution in [2.24, 2.45) is 5.73 Å². The summed E-state index contributed by atoms with van der Waals surface area (Å²) in [5.41, 5.74) is 7.61. The number of allylic oxidation sites excluding steroid dienone is 1. The molecule has 0 saturated carbocycles. The van der Waals surface area contributed by atoms with Crippen molar-refractivity contribution < 1.29 is 33.1 Å². The minimum Gasteiger partial charge on any atom is -0.433 e. The van der Waals surface area contributed by atoms with Crippen molar-refractivity contribution in [3.05, 3.63) is 47.5 Å². The predicted molar refractivity (Wildman–Crippen MR) is 118 cm³/mol. The third-order valence-corrected chi connectivity index (χ3v) is 5.74. The van der Waals surface area contributed by atoms with Gasteiger partial charge in [0, 0.05) is 19.7 Å². The Bertz CT molecular complexity index is 919. The minimum atomic E-state index is -0.897. The average molecular weight is 460 g/mol. The van der Waals surface area contributed by atoms with Crippen LogP contribution in [0.2, 0.25) is 0 Å². The second-order valence-corrected chi connectivity index (χ2v) is 8.20. The molecule has 1 saturated heterocycles. The van der Waals surface area contributed by atoms with E-state index in [1.807, 2.05) is 36.4 Å². The summed E-state index contributed by atoms with van der Waals surface area (Å²) >= 11 is 0. The number of carbonyl (C=O) groups excluding carboxylic acids is 4. The quantitative estimate of drug-likeness (QED) is 0.281. The summed E-state index contributed by atoms with van der Waals surface area (Å²) in [5.74, 6) is -1.47. The lowest BCUT2D eigenvalue weighted by atomic mass is 10.1. The highest BCUT2D eigenvalue weighted by molar-refractivity contribution is 5.89. The summed E-state index contributed by atoms with van der Waals surface area (Å²) in [6, 6.07) is 8.27. The number of nitrogens with one attached hydrogen (secondary N) is 2. The molecule has 1 aromatic rings. The van der Waals surface area contributed by atoms with E-state index in [1.54, 1.807) is 6.92 Å². The van der Waals surface area contributed by atoms with Crippen LogP contribution in [0.4, 0.5) is 4.79 Å². The fourth-order valence-electron chi connectivity index (χ4n) is 4.09. The lowest BCUT2D eigenvalue weighted by Crippen LogP contribution is -2.64. The standard InChI is InChI=1S/C23H30N4O6/c1-2-32-22-18(11-21(30)33-22)26-19(28)15-27(23(24)31)14-17(9-6-10-20(27)29)13-25-12-16-7-4-3-5-8-16/h3-5,7-9,18,22,25H,2,6,10-15H2,1H3,(H2-,24,26,28,31)/p+1. The van der Waals surface area contributed by atoms with E-state index in [1.165, 1.54) is 0 Å². The number of cyclic esters (lactones) is 1. The van der Waals surface area contributed by atoms with E-state index in [2.05, 4.69) is 10.6 Å². The van der Waals surface area contributed by atoms with E-state index in [0.717, 1.165) is 11.1 Å². The molecule has 0 radical (unpaired) electrons. The van der Waals surface area contributed by atoms with E-state index in [0.29, 0.717) is 26.1 Å². The maximum atomic E-state index is 12.9. The van der Waals surface area contributed by atoms with Crippen molar-refractivity contribution in [1.29, 1.82) is 0 Å². The number of amides is 4. The van der Waals surface area contributed by atoms with E-state index >= 15 is 0 Å². The number of hydrogen-bond donors (Lipinski definition) is 3. The number of nitrogens with zero attached hydrogens (tertiary/aromatic N) is 1. The zero-order chi connectivity index (χ0) is 23.8. The summed E-state index contributed by atoms with van der Waals surface area (Å²) < 4.78 is 9.61. The molecule has 33 heavy (non-hydrogen) atoms. The van der Waals surface area contributed by atoms with Crippen LogP contribution in [0.25, 0.3) is 0 Å². The Hall–Kier alpha value is -3.08. The van der Waals surface area contributed by atoms with Crippen LogP contribution in [0.15, 0.2) is 42.0 Å². The van der Waals surface area contributed by atoms with E-state index in [-0.39, 0.29) is 19.4 Å². The second-order valence-electron chi connectivity index (χ2n) is 8.20. The summed E-state index contributed by atoms with van der Waals surface area (Å²) in [6.45, 7) is 2.68. The number of primary amides is 1. The van der Waals surface area contributed by atoms with Crippen molar-refractivity contribution in [1.82, 2.24) is 10.6 Å². The average Bonchev–Trinajstić information content (AvgIpc) is 3.02. The summed E-state index contributed by atoms with van der Waals surface area (Å²) in [4.78, 5) is 49.9. The van der Waals surface area contributed by atoms with Crippen LogP contribution in [0.5, 0.6) is 0 Å². The number of hydrogen-bond acceptors (Lipinski definition) is 7. The molecule has 3 rings (SSSR count). The molecule has 3 unspecified atom stereocenters. The smallest absolute Gasteiger partial charge is 0.422 e. The number of imide groups is 1. The maximum Gasteiger partial charge on any atom is 0.422 e. The molecule has 4 amide bonds. The Morgan fingerprint density at radius 3 is 2.67 bits per heavy atom. The number of nitrogens with two attached hydrogens (primary N) is 1. The molecule has 2 aliphatic heterocycles. The molecule has 10 heteroatoms. The van der Waals surface area contributed by atoms with Gasteiger partial charge in [0.2, 0.25) is 6.29 Å². The number of rotatable bonds is 9. The number of benzene rings is 1. The van der Waals surface area contributed by atoms with Gasteiger partial charge in [-0.15, -0.1) is 0 Å². The van der Waals surface area contributed by atoms with Gasteiger partial charge in [0.1, 0.15) is 12.6 Å². The highest BCUT2D eigenvalue weighted by Crippen LogP contribution is 2.21. The minimum absolute atomic E-state index is 0.0123. The molecular formula is C23H31N4O6+. The van der Waals surface area contributed by atoms with Gasteiger partial charge in [0.25, 0.3) is 5.91 Å². The molecule has 0 aliphatic carbocycles. The van der Waals surface area contributed by atoms with Gasteiger partial charge in [-0.1, -0.05) is 36.4 Å². The largest absolute Gasteiger partial charge is 0.433 e. The number of esters is 1. The first kappa shape index (κ1) is 24.6. The molecule has 178 valence electrons. The molecule has 0 aromatic heterocycles. The molecule has 3 atom stereocenters. The van der Waals surface area contributed by atoms with Gasteiger partial charge in [-0.2, -0.15) is 4.48 Å². The zero-order valence-electron chi connectivity index (χ0n) is 18.7. The highest BCUT2D eigenvalue weighted by atomic mass is 16.7. The van der Waals surface area contributed by atoms with Crippen LogP contribution in [0, 0.1) is 0 Å². The van der Waals surface area contributed by atoms with Crippen LogP contribution >= 0.6 is 0 Å². The normalized spacial score (nSPS) is 25.2. The highest BCUT2D eigenvalue weighted by Gasteiger charge is 2.47. The van der Waals surface area contributed by atoms with Crippen LogP contribution in [0.1, 0.15) is 31.7 Å². The van der Waals surface area contributed by atoms with Crippen LogP contribution in [-0.4, -0.2) is 66.9 Å². The fourth-order valence-corrected chi connectivity index (χ4v) is 4.09. The van der Waals surface area contributed by atoms with Crippen LogP contribution < -0.4 is 16.4 Å². The van der Waals surface area contributed by atoms with Crippen molar-refractivity contribution >= 4 is 23.8 Å². The van der Waals surface area contributed by atoms with Gasteiger partial charge < -0.3 is 25.8 Å². The van der Waals surface area contributed by atoms with Gasteiger partial charge in [0.05, 0.1) is 12.8 Å². The Morgan fingerprint density at radius 2 is 1.97 bits per heavy atom. The maximum absolute atomic E-state index is 12.9. The summed E-state index contributed by atoms with van der Waals surface area (Å²) in [6.07, 6.45) is 1.55. The molecular weight excluding hydrogens is 428 g/mol. The summed E-state index contributed by atoms with van der Waals surface area (Å²) in [7, 11) is 0. The third-order valence-electron chi connectivity index (χ3n) is 5.74. The lowest BCUT2D eigenvalue weighted by molar-refractivity contribution is -0.758. The fraction of sp³-hybridized carbons (Fsp3) is 0.478. The van der Waals surface area contributed by atoms with Gasteiger partial charge in [0.15, 0.2) is 6.54 Å². The third kappa shape index (κ3) is 6.25. The SMILES string of the molecule is CCOC1OC(=O)CC1NC(=O)C[N+]1(C(N)=O)CC(CNCc2ccccc2)=CCCC1=O.